The Hall–Kier alpha value is -2.78. The second-order valence-electron chi connectivity index (χ2n) is 5.76. The third kappa shape index (κ3) is 4.24. The zero-order chi connectivity index (χ0) is 19.5. The summed E-state index contributed by atoms with van der Waals surface area (Å²) < 4.78 is 30.7. The number of nitrogens with zero attached hydrogens (tertiary/aromatic N) is 2. The van der Waals surface area contributed by atoms with Crippen molar-refractivity contribution >= 4 is 21.7 Å². The van der Waals surface area contributed by atoms with E-state index in [1.54, 1.807) is 13.0 Å². The van der Waals surface area contributed by atoms with Crippen LogP contribution in [0.3, 0.4) is 0 Å². The molecular weight excluding hydrogens is 360 g/mol. The van der Waals surface area contributed by atoms with Crippen LogP contribution in [-0.4, -0.2) is 37.7 Å². The molecule has 0 bridgehead atoms. The Kier molecular flexibility index (Phi) is 5.73. The van der Waals surface area contributed by atoms with Gasteiger partial charge in [0, 0.05) is 26.2 Å². The van der Waals surface area contributed by atoms with Gasteiger partial charge in [-0.25, -0.2) is 17.5 Å². The number of sulfonamides is 1. The fourth-order valence-corrected chi connectivity index (χ4v) is 3.06. The minimum atomic E-state index is -3.67. The van der Waals surface area contributed by atoms with E-state index in [2.05, 4.69) is 0 Å². The Balaban J connectivity index is 2.18. The number of non-ortho nitro benzene ring substituents is 1. The topological polar surface area (TPSA) is 107 Å². The van der Waals surface area contributed by atoms with Gasteiger partial charge in [-0.15, -0.1) is 0 Å². The smallest absolute Gasteiger partial charge is 0.338 e. The monoisotopic (exact) mass is 378 g/mol. The number of hydrogen-bond acceptors (Lipinski definition) is 6. The molecule has 0 amide bonds. The highest BCUT2D eigenvalue weighted by Gasteiger charge is 2.20. The third-order valence-electron chi connectivity index (χ3n) is 3.72. The molecule has 0 aliphatic carbocycles. The molecule has 0 fully saturated rings. The van der Waals surface area contributed by atoms with Crippen molar-refractivity contribution in [3.8, 4) is 0 Å². The van der Waals surface area contributed by atoms with Crippen molar-refractivity contribution < 1.29 is 22.9 Å². The summed E-state index contributed by atoms with van der Waals surface area (Å²) in [5.41, 5.74) is 1.25. The van der Waals surface area contributed by atoms with Gasteiger partial charge in [-0.3, -0.25) is 10.1 Å². The highest BCUT2D eigenvalue weighted by Crippen LogP contribution is 2.20. The van der Waals surface area contributed by atoms with E-state index in [1.165, 1.54) is 50.5 Å². The molecule has 0 heterocycles. The number of hydrogen-bond donors (Lipinski definition) is 0. The molecule has 2 aromatic rings. The summed E-state index contributed by atoms with van der Waals surface area (Å²) in [6, 6.07) is 9.87. The number of nitro groups is 1. The molecule has 138 valence electrons. The van der Waals surface area contributed by atoms with Crippen molar-refractivity contribution in [2.75, 3.05) is 14.1 Å². The van der Waals surface area contributed by atoms with Crippen molar-refractivity contribution in [1.82, 2.24) is 4.31 Å². The summed E-state index contributed by atoms with van der Waals surface area (Å²) in [4.78, 5) is 22.4. The van der Waals surface area contributed by atoms with Gasteiger partial charge >= 0.3 is 5.97 Å². The number of ether oxygens (including phenoxy) is 1. The predicted octanol–water partition coefficient (Wildman–Crippen LogP) is 2.51. The van der Waals surface area contributed by atoms with Crippen LogP contribution in [0, 0.1) is 17.0 Å². The minimum absolute atomic E-state index is 0.00427. The lowest BCUT2D eigenvalue weighted by molar-refractivity contribution is -0.384. The van der Waals surface area contributed by atoms with Crippen LogP contribution in [0.2, 0.25) is 0 Å². The molecule has 0 N–H and O–H groups in total. The maximum Gasteiger partial charge on any atom is 0.338 e. The summed E-state index contributed by atoms with van der Waals surface area (Å²) in [5.74, 6) is -0.670. The van der Waals surface area contributed by atoms with Crippen molar-refractivity contribution in [3.63, 3.8) is 0 Å². The van der Waals surface area contributed by atoms with Crippen LogP contribution >= 0.6 is 0 Å². The molecule has 0 saturated carbocycles. The molecule has 8 nitrogen and oxygen atoms in total. The molecule has 0 radical (unpaired) electrons. The Morgan fingerprint density at radius 2 is 1.77 bits per heavy atom. The second kappa shape index (κ2) is 7.63. The van der Waals surface area contributed by atoms with E-state index in [0.29, 0.717) is 11.1 Å². The largest absolute Gasteiger partial charge is 0.457 e. The van der Waals surface area contributed by atoms with Crippen LogP contribution in [0.25, 0.3) is 0 Å². The van der Waals surface area contributed by atoms with Crippen molar-refractivity contribution in [2.45, 2.75) is 18.4 Å². The molecule has 9 heteroatoms. The first-order valence-corrected chi connectivity index (χ1v) is 9.00. The van der Waals surface area contributed by atoms with Gasteiger partial charge in [0.2, 0.25) is 10.0 Å². The number of benzene rings is 2. The maximum atomic E-state index is 12.3. The average molecular weight is 378 g/mol. The molecule has 0 aliphatic heterocycles. The Morgan fingerprint density at radius 1 is 1.15 bits per heavy atom. The van der Waals surface area contributed by atoms with Gasteiger partial charge in [0.1, 0.15) is 6.61 Å². The maximum absolute atomic E-state index is 12.3. The number of carbonyl (C=O) groups excluding carboxylic acids is 1. The zero-order valence-corrected chi connectivity index (χ0v) is 15.3. The van der Waals surface area contributed by atoms with Gasteiger partial charge in [0.25, 0.3) is 5.69 Å². The molecule has 0 aromatic heterocycles. The first-order chi connectivity index (χ1) is 12.1. The summed E-state index contributed by atoms with van der Waals surface area (Å²) in [6.07, 6.45) is 0. The molecule has 0 atom stereocenters. The van der Waals surface area contributed by atoms with Gasteiger partial charge in [0.05, 0.1) is 15.4 Å². The van der Waals surface area contributed by atoms with Gasteiger partial charge in [-0.1, -0.05) is 6.07 Å². The van der Waals surface area contributed by atoms with E-state index in [-0.39, 0.29) is 22.8 Å². The molecule has 0 spiro atoms. The van der Waals surface area contributed by atoms with Crippen LogP contribution in [0.15, 0.2) is 47.4 Å². The summed E-state index contributed by atoms with van der Waals surface area (Å²) in [5, 5.41) is 10.6. The SMILES string of the molecule is Cc1ccc(S(=O)(=O)N(C)C)cc1C(=O)OCc1ccc([N+](=O)[O-])cc1. The van der Waals surface area contributed by atoms with E-state index in [9.17, 15) is 23.3 Å². The molecule has 0 aliphatic rings. The zero-order valence-electron chi connectivity index (χ0n) is 14.5. The van der Waals surface area contributed by atoms with Crippen molar-refractivity contribution in [3.05, 3.63) is 69.3 Å². The Morgan fingerprint density at radius 3 is 2.31 bits per heavy atom. The second-order valence-corrected chi connectivity index (χ2v) is 7.92. The predicted molar refractivity (Wildman–Crippen MR) is 94.3 cm³/mol. The quantitative estimate of drug-likeness (QED) is 0.434. The van der Waals surface area contributed by atoms with Crippen molar-refractivity contribution in [2.24, 2.45) is 0 Å². The fraction of sp³-hybridized carbons (Fsp3) is 0.235. The van der Waals surface area contributed by atoms with Gasteiger partial charge in [-0.05, 0) is 42.3 Å². The lowest BCUT2D eigenvalue weighted by Crippen LogP contribution is -2.22. The minimum Gasteiger partial charge on any atom is -0.457 e. The molecular formula is C17H18N2O6S. The summed E-state index contributed by atoms with van der Waals surface area (Å²) >= 11 is 0. The number of esters is 1. The molecule has 0 saturated heterocycles. The normalized spacial score (nSPS) is 11.4. The van der Waals surface area contributed by atoms with Gasteiger partial charge < -0.3 is 4.74 Å². The van der Waals surface area contributed by atoms with Crippen LogP contribution in [0.5, 0.6) is 0 Å². The number of carbonyl (C=O) groups is 1. The first-order valence-electron chi connectivity index (χ1n) is 7.56. The van der Waals surface area contributed by atoms with E-state index in [1.807, 2.05) is 0 Å². The standard InChI is InChI=1S/C17H18N2O6S/c1-12-4-9-15(26(23,24)18(2)3)10-16(12)17(20)25-11-13-5-7-14(8-6-13)19(21)22/h4-10H,11H2,1-3H3. The number of aryl methyl sites for hydroxylation is 1. The molecule has 0 unspecified atom stereocenters. The van der Waals surface area contributed by atoms with Gasteiger partial charge in [-0.2, -0.15) is 0 Å². The van der Waals surface area contributed by atoms with Crippen LogP contribution < -0.4 is 0 Å². The van der Waals surface area contributed by atoms with Gasteiger partial charge in [0.15, 0.2) is 0 Å². The highest BCUT2D eigenvalue weighted by atomic mass is 32.2. The van der Waals surface area contributed by atoms with Crippen molar-refractivity contribution in [1.29, 1.82) is 0 Å². The van der Waals surface area contributed by atoms with E-state index in [4.69, 9.17) is 4.74 Å². The summed E-state index contributed by atoms with van der Waals surface area (Å²) in [6.45, 7) is 1.59. The summed E-state index contributed by atoms with van der Waals surface area (Å²) in [7, 11) is -0.859. The molecule has 26 heavy (non-hydrogen) atoms. The third-order valence-corrected chi connectivity index (χ3v) is 5.54. The first kappa shape index (κ1) is 19.5. The highest BCUT2D eigenvalue weighted by molar-refractivity contribution is 7.89. The fourth-order valence-electron chi connectivity index (χ4n) is 2.13. The number of rotatable bonds is 6. The van der Waals surface area contributed by atoms with Crippen LogP contribution in [0.1, 0.15) is 21.5 Å². The molecule has 2 aromatic carbocycles. The lowest BCUT2D eigenvalue weighted by Gasteiger charge is -2.13. The van der Waals surface area contributed by atoms with E-state index >= 15 is 0 Å². The Labute approximate surface area is 151 Å². The lowest BCUT2D eigenvalue weighted by atomic mass is 10.1. The van der Waals surface area contributed by atoms with Crippen LogP contribution in [0.4, 0.5) is 5.69 Å². The number of nitro benzene ring substituents is 1. The van der Waals surface area contributed by atoms with E-state index < -0.39 is 20.9 Å². The van der Waals surface area contributed by atoms with E-state index in [0.717, 1.165) is 4.31 Å². The molecule has 2 rings (SSSR count). The Bertz CT molecular complexity index is 936. The van der Waals surface area contributed by atoms with Crippen LogP contribution in [-0.2, 0) is 21.4 Å². The average Bonchev–Trinajstić information content (AvgIpc) is 2.60.